The highest BCUT2D eigenvalue weighted by molar-refractivity contribution is 9.10. The van der Waals surface area contributed by atoms with Gasteiger partial charge in [-0.1, -0.05) is 0 Å². The van der Waals surface area contributed by atoms with E-state index in [0.717, 1.165) is 0 Å². The average Bonchev–Trinajstić information content (AvgIpc) is 2.37. The van der Waals surface area contributed by atoms with Crippen LogP contribution in [0.3, 0.4) is 0 Å². The van der Waals surface area contributed by atoms with Gasteiger partial charge >= 0.3 is 5.97 Å². The number of hydrogen-bond donors (Lipinski definition) is 1. The number of aldehydes is 1. The Labute approximate surface area is 110 Å². The fourth-order valence-electron chi connectivity index (χ4n) is 1.59. The second-order valence-corrected chi connectivity index (χ2v) is 4.28. The summed E-state index contributed by atoms with van der Waals surface area (Å²) in [6.07, 6.45) is 0.548. The summed E-state index contributed by atoms with van der Waals surface area (Å²) < 4.78 is 10.8. The molecule has 2 rings (SSSR count). The van der Waals surface area contributed by atoms with E-state index in [1.54, 1.807) is 0 Å². The van der Waals surface area contributed by atoms with Gasteiger partial charge in [-0.3, -0.25) is 9.59 Å². The first-order valence-corrected chi connectivity index (χ1v) is 5.70. The molecule has 0 fully saturated rings. The van der Waals surface area contributed by atoms with Crippen LogP contribution in [0, 0.1) is 0 Å². The molecule has 0 saturated heterocycles. The number of halogens is 1. The van der Waals surface area contributed by atoms with Crippen molar-refractivity contribution in [3.05, 3.63) is 21.7 Å². The van der Waals surface area contributed by atoms with Gasteiger partial charge in [0, 0.05) is 4.47 Å². The lowest BCUT2D eigenvalue weighted by molar-refractivity contribution is -0.131. The summed E-state index contributed by atoms with van der Waals surface area (Å²) in [6.45, 7) is 0.415. The Kier molecular flexibility index (Phi) is 3.33. The molecule has 18 heavy (non-hydrogen) atoms. The van der Waals surface area contributed by atoms with Gasteiger partial charge in [0.1, 0.15) is 13.2 Å². The van der Waals surface area contributed by atoms with Crippen LogP contribution in [0.5, 0.6) is 11.5 Å². The lowest BCUT2D eigenvalue weighted by Crippen LogP contribution is -2.21. The van der Waals surface area contributed by atoms with E-state index in [-0.39, 0.29) is 40.3 Å². The van der Waals surface area contributed by atoms with Gasteiger partial charge in [0.2, 0.25) is 0 Å². The SMILES string of the molecule is O=Cc1c(Br)cc(C(=O)C(=O)O)c2c1OCCO2. The van der Waals surface area contributed by atoms with Crippen molar-refractivity contribution >= 4 is 34.0 Å². The maximum absolute atomic E-state index is 11.5. The minimum atomic E-state index is -1.60. The van der Waals surface area contributed by atoms with Crippen molar-refractivity contribution in [3.8, 4) is 11.5 Å². The molecule has 0 aromatic heterocycles. The molecule has 0 spiro atoms. The number of ether oxygens (including phenoxy) is 2. The van der Waals surface area contributed by atoms with Crippen LogP contribution < -0.4 is 9.47 Å². The number of fused-ring (bicyclic) bond motifs is 1. The molecule has 1 heterocycles. The third-order valence-electron chi connectivity index (χ3n) is 2.36. The zero-order valence-corrected chi connectivity index (χ0v) is 10.5. The van der Waals surface area contributed by atoms with Crippen LogP contribution in [0.15, 0.2) is 10.5 Å². The lowest BCUT2D eigenvalue weighted by atomic mass is 10.0. The second-order valence-electron chi connectivity index (χ2n) is 3.43. The number of carboxylic acids is 1. The Morgan fingerprint density at radius 2 is 1.89 bits per heavy atom. The molecule has 1 aliphatic heterocycles. The van der Waals surface area contributed by atoms with E-state index in [4.69, 9.17) is 14.6 Å². The van der Waals surface area contributed by atoms with Gasteiger partial charge in [0.15, 0.2) is 17.8 Å². The Bertz CT molecular complexity index is 551. The molecule has 0 unspecified atom stereocenters. The molecule has 1 aromatic rings. The van der Waals surface area contributed by atoms with Gasteiger partial charge in [-0.15, -0.1) is 0 Å². The first-order valence-electron chi connectivity index (χ1n) is 4.91. The second kappa shape index (κ2) is 4.77. The van der Waals surface area contributed by atoms with Crippen LogP contribution in [0.2, 0.25) is 0 Å². The summed E-state index contributed by atoms with van der Waals surface area (Å²) in [6, 6.07) is 1.24. The first kappa shape index (κ1) is 12.6. The maximum atomic E-state index is 11.5. The number of ketones is 1. The summed E-state index contributed by atoms with van der Waals surface area (Å²) >= 11 is 3.09. The van der Waals surface area contributed by atoms with Crippen LogP contribution in [0.25, 0.3) is 0 Å². The molecule has 0 amide bonds. The molecule has 1 N–H and O–H groups in total. The third-order valence-corrected chi connectivity index (χ3v) is 3.01. The van der Waals surface area contributed by atoms with Gasteiger partial charge in [-0.25, -0.2) is 4.79 Å². The quantitative estimate of drug-likeness (QED) is 0.514. The van der Waals surface area contributed by atoms with Gasteiger partial charge in [-0.05, 0) is 22.0 Å². The minimum absolute atomic E-state index is 0.000972. The Balaban J connectivity index is 2.68. The Morgan fingerprint density at radius 3 is 2.44 bits per heavy atom. The van der Waals surface area contributed by atoms with Crippen molar-refractivity contribution in [3.63, 3.8) is 0 Å². The Morgan fingerprint density at radius 1 is 1.28 bits per heavy atom. The largest absolute Gasteiger partial charge is 0.485 e. The molecule has 1 aliphatic rings. The number of benzene rings is 1. The summed E-state index contributed by atoms with van der Waals surface area (Å²) in [5.41, 5.74) is 0.0429. The maximum Gasteiger partial charge on any atom is 0.377 e. The third kappa shape index (κ3) is 1.97. The summed E-state index contributed by atoms with van der Waals surface area (Å²) in [5.74, 6) is -2.62. The molecule has 0 aliphatic carbocycles. The zero-order valence-electron chi connectivity index (χ0n) is 8.94. The van der Waals surface area contributed by atoms with Crippen molar-refractivity contribution in [2.24, 2.45) is 0 Å². The Hall–Kier alpha value is -1.89. The molecule has 94 valence electrons. The van der Waals surface area contributed by atoms with Crippen LogP contribution >= 0.6 is 15.9 Å². The van der Waals surface area contributed by atoms with E-state index in [9.17, 15) is 14.4 Å². The fraction of sp³-hybridized carbons (Fsp3) is 0.182. The van der Waals surface area contributed by atoms with E-state index in [1.807, 2.05) is 0 Å². The van der Waals surface area contributed by atoms with E-state index in [0.29, 0.717) is 6.29 Å². The van der Waals surface area contributed by atoms with Crippen LogP contribution in [-0.2, 0) is 4.79 Å². The van der Waals surface area contributed by atoms with E-state index >= 15 is 0 Å². The van der Waals surface area contributed by atoms with Gasteiger partial charge in [-0.2, -0.15) is 0 Å². The predicted molar refractivity (Wildman–Crippen MR) is 62.5 cm³/mol. The summed E-state index contributed by atoms with van der Waals surface area (Å²) in [4.78, 5) is 33.2. The van der Waals surface area contributed by atoms with E-state index < -0.39 is 11.8 Å². The summed E-state index contributed by atoms with van der Waals surface area (Å²) in [7, 11) is 0. The number of aliphatic carboxylic acids is 1. The van der Waals surface area contributed by atoms with Gasteiger partial charge in [0.25, 0.3) is 5.78 Å². The number of carboxylic acid groups (broad SMARTS) is 1. The number of carbonyl (C=O) groups is 3. The number of carbonyl (C=O) groups excluding carboxylic acids is 2. The molecule has 0 atom stereocenters. The van der Waals surface area contributed by atoms with Crippen LogP contribution in [0.4, 0.5) is 0 Å². The van der Waals surface area contributed by atoms with E-state index in [1.165, 1.54) is 6.07 Å². The fourth-order valence-corrected chi connectivity index (χ4v) is 2.09. The van der Waals surface area contributed by atoms with E-state index in [2.05, 4.69) is 15.9 Å². The predicted octanol–water partition coefficient (Wildman–Crippen LogP) is 1.30. The number of hydrogen-bond acceptors (Lipinski definition) is 5. The molecule has 0 bridgehead atoms. The van der Waals surface area contributed by atoms with Gasteiger partial charge in [0.05, 0.1) is 11.1 Å². The smallest absolute Gasteiger partial charge is 0.377 e. The average molecular weight is 315 g/mol. The molecule has 0 saturated carbocycles. The molecule has 6 nitrogen and oxygen atoms in total. The summed E-state index contributed by atoms with van der Waals surface area (Å²) in [5, 5.41) is 8.72. The topological polar surface area (TPSA) is 89.9 Å². The molecule has 1 aromatic carbocycles. The van der Waals surface area contributed by atoms with Crippen LogP contribution in [0.1, 0.15) is 20.7 Å². The molecular weight excluding hydrogens is 308 g/mol. The van der Waals surface area contributed by atoms with Crippen molar-refractivity contribution in [2.75, 3.05) is 13.2 Å². The zero-order chi connectivity index (χ0) is 13.3. The molecule has 7 heteroatoms. The highest BCUT2D eigenvalue weighted by Crippen LogP contribution is 2.40. The number of Topliss-reactive ketones (excluding diaryl/α,β-unsaturated/α-hetero) is 1. The molecular formula is C11H7BrO6. The number of rotatable bonds is 3. The van der Waals surface area contributed by atoms with Gasteiger partial charge < -0.3 is 14.6 Å². The lowest BCUT2D eigenvalue weighted by Gasteiger charge is -2.22. The first-order chi connectivity index (χ1) is 8.56. The molecule has 0 radical (unpaired) electrons. The normalized spacial score (nSPS) is 12.9. The minimum Gasteiger partial charge on any atom is -0.485 e. The van der Waals surface area contributed by atoms with Crippen LogP contribution in [-0.4, -0.2) is 36.4 Å². The van der Waals surface area contributed by atoms with Crippen molar-refractivity contribution < 1.29 is 29.0 Å². The standard InChI is InChI=1S/C11H7BrO6/c12-7-3-5(8(14)11(15)16)9-10(6(7)4-13)18-2-1-17-9/h3-4H,1-2H2,(H,15,16). The van der Waals surface area contributed by atoms with Crippen molar-refractivity contribution in [2.45, 2.75) is 0 Å². The van der Waals surface area contributed by atoms with Crippen molar-refractivity contribution in [1.29, 1.82) is 0 Å². The monoisotopic (exact) mass is 314 g/mol. The highest BCUT2D eigenvalue weighted by Gasteiger charge is 2.28. The van der Waals surface area contributed by atoms with Crippen molar-refractivity contribution in [1.82, 2.24) is 0 Å². The highest BCUT2D eigenvalue weighted by atomic mass is 79.9.